The highest BCUT2D eigenvalue weighted by atomic mass is 32.1. The van der Waals surface area contributed by atoms with Crippen molar-refractivity contribution in [2.45, 2.75) is 26.7 Å². The highest BCUT2D eigenvalue weighted by molar-refractivity contribution is 7.10. The van der Waals surface area contributed by atoms with Gasteiger partial charge in [-0.3, -0.25) is 19.8 Å². The third kappa shape index (κ3) is 2.01. The number of hydrazine groups is 1. The lowest BCUT2D eigenvalue weighted by atomic mass is 9.63. The number of amides is 3. The van der Waals surface area contributed by atoms with Gasteiger partial charge in [0, 0.05) is 10.3 Å². The predicted octanol–water partition coefficient (Wildman–Crippen LogP) is 2.21. The fourth-order valence-corrected chi connectivity index (χ4v) is 4.95. The van der Waals surface area contributed by atoms with Crippen molar-refractivity contribution >= 4 is 29.1 Å². The number of fused-ring (bicyclic) bond motifs is 1. The monoisotopic (exact) mass is 330 g/mol. The van der Waals surface area contributed by atoms with Crippen molar-refractivity contribution in [1.29, 1.82) is 0 Å². The molecular weight excluding hydrogens is 312 g/mol. The first-order valence-corrected chi connectivity index (χ1v) is 8.79. The van der Waals surface area contributed by atoms with Gasteiger partial charge < -0.3 is 0 Å². The summed E-state index contributed by atoms with van der Waals surface area (Å²) in [4.78, 5) is 38.8. The standard InChI is InChI=1S/C17H18N2O3S/c1-8-9(2)23-7-12(8)15(20)18-19-16(21)13-10-3-4-11(6-5-10)14(13)17(19)22/h3-4,7,10-11,13-14H,5-6H2,1-2H3,(H,18,20)/t10-,11-,13-,14+/m0/s1. The van der Waals surface area contributed by atoms with Gasteiger partial charge in [0.1, 0.15) is 0 Å². The summed E-state index contributed by atoms with van der Waals surface area (Å²) in [7, 11) is 0. The Kier molecular flexibility index (Phi) is 3.20. The van der Waals surface area contributed by atoms with E-state index in [1.165, 1.54) is 11.3 Å². The van der Waals surface area contributed by atoms with E-state index in [2.05, 4.69) is 17.6 Å². The smallest absolute Gasteiger partial charge is 0.271 e. The molecule has 0 spiro atoms. The van der Waals surface area contributed by atoms with Gasteiger partial charge >= 0.3 is 0 Å². The summed E-state index contributed by atoms with van der Waals surface area (Å²) in [5.74, 6) is -1.21. The fourth-order valence-electron chi connectivity index (χ4n) is 4.08. The average Bonchev–Trinajstić information content (AvgIpc) is 3.02. The van der Waals surface area contributed by atoms with Gasteiger partial charge in [0.2, 0.25) is 0 Å². The van der Waals surface area contributed by atoms with Crippen LogP contribution in [0.1, 0.15) is 33.6 Å². The molecule has 3 amide bonds. The van der Waals surface area contributed by atoms with Gasteiger partial charge in [-0.1, -0.05) is 12.2 Å². The molecule has 6 heteroatoms. The average molecular weight is 330 g/mol. The van der Waals surface area contributed by atoms with Crippen molar-refractivity contribution < 1.29 is 14.4 Å². The molecule has 2 fully saturated rings. The Balaban J connectivity index is 1.59. The Labute approximate surface area is 138 Å². The van der Waals surface area contributed by atoms with Crippen LogP contribution in [-0.2, 0) is 9.59 Å². The van der Waals surface area contributed by atoms with Gasteiger partial charge in [0.25, 0.3) is 17.7 Å². The van der Waals surface area contributed by atoms with Gasteiger partial charge in [-0.05, 0) is 44.1 Å². The van der Waals surface area contributed by atoms with Gasteiger partial charge in [-0.25, -0.2) is 0 Å². The summed E-state index contributed by atoms with van der Waals surface area (Å²) in [5, 5.41) is 2.74. The number of aryl methyl sites for hydroxylation is 1. The summed E-state index contributed by atoms with van der Waals surface area (Å²) >= 11 is 1.49. The molecule has 1 saturated carbocycles. The molecule has 2 heterocycles. The van der Waals surface area contributed by atoms with Crippen LogP contribution in [0.5, 0.6) is 0 Å². The van der Waals surface area contributed by atoms with Gasteiger partial charge in [-0.15, -0.1) is 11.3 Å². The van der Waals surface area contributed by atoms with E-state index in [0.29, 0.717) is 5.56 Å². The quantitative estimate of drug-likeness (QED) is 0.668. The van der Waals surface area contributed by atoms with Crippen LogP contribution in [0.15, 0.2) is 17.5 Å². The van der Waals surface area contributed by atoms with Crippen molar-refractivity contribution in [3.63, 3.8) is 0 Å². The number of nitrogens with zero attached hydrogens (tertiary/aromatic N) is 1. The fraction of sp³-hybridized carbons (Fsp3) is 0.471. The molecule has 4 atom stereocenters. The highest BCUT2D eigenvalue weighted by Crippen LogP contribution is 2.49. The van der Waals surface area contributed by atoms with E-state index in [1.54, 1.807) is 5.38 Å². The molecule has 0 radical (unpaired) electrons. The maximum absolute atomic E-state index is 12.7. The number of hydrogen-bond donors (Lipinski definition) is 1. The van der Waals surface area contributed by atoms with Crippen LogP contribution in [0.4, 0.5) is 0 Å². The molecule has 2 bridgehead atoms. The van der Waals surface area contributed by atoms with Crippen LogP contribution in [0, 0.1) is 37.5 Å². The Morgan fingerprint density at radius 1 is 1.13 bits per heavy atom. The zero-order valence-electron chi connectivity index (χ0n) is 13.0. The second-order valence-corrected chi connectivity index (χ2v) is 7.71. The number of imide groups is 1. The van der Waals surface area contributed by atoms with Crippen LogP contribution >= 0.6 is 11.3 Å². The van der Waals surface area contributed by atoms with Crippen molar-refractivity contribution in [2.75, 3.05) is 0 Å². The van der Waals surface area contributed by atoms with E-state index >= 15 is 0 Å². The zero-order chi connectivity index (χ0) is 16.3. The number of thiophene rings is 1. The Hall–Kier alpha value is -1.95. The minimum absolute atomic E-state index is 0.133. The molecule has 5 nitrogen and oxygen atoms in total. The van der Waals surface area contributed by atoms with Crippen LogP contribution in [-0.4, -0.2) is 22.7 Å². The van der Waals surface area contributed by atoms with Gasteiger partial charge in [-0.2, -0.15) is 5.01 Å². The number of hydrogen-bond acceptors (Lipinski definition) is 4. The van der Waals surface area contributed by atoms with E-state index in [-0.39, 0.29) is 41.4 Å². The number of allylic oxidation sites excluding steroid dienone is 2. The topological polar surface area (TPSA) is 66.5 Å². The summed E-state index contributed by atoms with van der Waals surface area (Å²) in [6.45, 7) is 3.82. The summed E-state index contributed by atoms with van der Waals surface area (Å²) in [6, 6.07) is 0. The van der Waals surface area contributed by atoms with E-state index in [4.69, 9.17) is 0 Å². The maximum Gasteiger partial charge on any atom is 0.271 e. The molecule has 4 aliphatic rings. The molecule has 120 valence electrons. The van der Waals surface area contributed by atoms with E-state index in [0.717, 1.165) is 28.3 Å². The highest BCUT2D eigenvalue weighted by Gasteiger charge is 2.57. The lowest BCUT2D eigenvalue weighted by Crippen LogP contribution is -2.46. The Morgan fingerprint density at radius 2 is 1.70 bits per heavy atom. The molecule has 1 aromatic heterocycles. The summed E-state index contributed by atoms with van der Waals surface area (Å²) in [5.41, 5.74) is 3.97. The lowest BCUT2D eigenvalue weighted by Gasteiger charge is -2.37. The van der Waals surface area contributed by atoms with Crippen LogP contribution in [0.2, 0.25) is 0 Å². The van der Waals surface area contributed by atoms with Crippen LogP contribution in [0.25, 0.3) is 0 Å². The molecule has 1 aliphatic heterocycles. The second kappa shape index (κ2) is 5.03. The molecule has 1 N–H and O–H groups in total. The summed E-state index contributed by atoms with van der Waals surface area (Å²) in [6.07, 6.45) is 6.04. The predicted molar refractivity (Wildman–Crippen MR) is 85.4 cm³/mol. The molecular formula is C17H18N2O3S. The lowest BCUT2D eigenvalue weighted by molar-refractivity contribution is -0.143. The van der Waals surface area contributed by atoms with Crippen molar-refractivity contribution in [1.82, 2.24) is 10.4 Å². The van der Waals surface area contributed by atoms with E-state index in [1.807, 2.05) is 13.8 Å². The molecule has 3 aliphatic carbocycles. The van der Waals surface area contributed by atoms with Crippen LogP contribution in [0.3, 0.4) is 0 Å². The second-order valence-electron chi connectivity index (χ2n) is 6.62. The van der Waals surface area contributed by atoms with Gasteiger partial charge in [0.15, 0.2) is 0 Å². The number of rotatable bonds is 2. The third-order valence-electron chi connectivity index (χ3n) is 5.50. The minimum Gasteiger partial charge on any atom is -0.272 e. The first-order valence-electron chi connectivity index (χ1n) is 7.91. The molecule has 1 aromatic rings. The first-order chi connectivity index (χ1) is 11.0. The van der Waals surface area contributed by atoms with Crippen molar-refractivity contribution in [3.8, 4) is 0 Å². The third-order valence-corrected chi connectivity index (χ3v) is 6.52. The molecule has 0 aromatic carbocycles. The van der Waals surface area contributed by atoms with Gasteiger partial charge in [0.05, 0.1) is 17.4 Å². The normalized spacial score (nSPS) is 31.7. The van der Waals surface area contributed by atoms with Crippen molar-refractivity contribution in [3.05, 3.63) is 33.5 Å². The number of nitrogens with one attached hydrogen (secondary N) is 1. The maximum atomic E-state index is 12.7. The minimum atomic E-state index is -0.382. The molecule has 1 saturated heterocycles. The largest absolute Gasteiger partial charge is 0.272 e. The van der Waals surface area contributed by atoms with Crippen molar-refractivity contribution in [2.24, 2.45) is 23.7 Å². The van der Waals surface area contributed by atoms with E-state index in [9.17, 15) is 14.4 Å². The summed E-state index contributed by atoms with van der Waals surface area (Å²) < 4.78 is 0. The Morgan fingerprint density at radius 3 is 2.13 bits per heavy atom. The molecule has 5 rings (SSSR count). The number of carbonyl (C=O) groups excluding carboxylic acids is 3. The zero-order valence-corrected chi connectivity index (χ0v) is 13.9. The first kappa shape index (κ1) is 14.6. The SMILES string of the molecule is Cc1scc(C(=O)NN2C(=O)[C@@H]3[C@H](C2=O)[C@H]2C=C[C@H]3CC2)c1C. The number of carbonyl (C=O) groups is 3. The Bertz CT molecular complexity index is 719. The van der Waals surface area contributed by atoms with E-state index < -0.39 is 0 Å². The molecule has 0 unspecified atom stereocenters. The molecule has 23 heavy (non-hydrogen) atoms. The van der Waals surface area contributed by atoms with Crippen LogP contribution < -0.4 is 5.43 Å².